The fourth-order valence-corrected chi connectivity index (χ4v) is 9.60. The number of hydrogen-bond donors (Lipinski definition) is 0. The number of para-hydroxylation sites is 1. The summed E-state index contributed by atoms with van der Waals surface area (Å²) in [5.74, 6) is 0. The van der Waals surface area contributed by atoms with E-state index < -0.39 is 5.41 Å². The van der Waals surface area contributed by atoms with Crippen molar-refractivity contribution in [2.24, 2.45) is 0 Å². The molecule has 1 unspecified atom stereocenters. The third-order valence-electron chi connectivity index (χ3n) is 12.6. The summed E-state index contributed by atoms with van der Waals surface area (Å²) in [6.45, 7) is 6.95. The van der Waals surface area contributed by atoms with Gasteiger partial charge in [0.1, 0.15) is 0 Å². The summed E-state index contributed by atoms with van der Waals surface area (Å²) in [5, 5.41) is 2.55. The molecule has 0 N–H and O–H groups in total. The summed E-state index contributed by atoms with van der Waals surface area (Å²) < 4.78 is 2.40. The highest BCUT2D eigenvalue weighted by molar-refractivity contribution is 6.10. The van der Waals surface area contributed by atoms with Crippen molar-refractivity contribution in [3.8, 4) is 27.9 Å². The molecule has 1 aromatic heterocycles. The average Bonchev–Trinajstić information content (AvgIpc) is 3.71. The lowest BCUT2D eigenvalue weighted by molar-refractivity contribution is 0.563. The quantitative estimate of drug-likeness (QED) is 0.146. The average molecular weight is 706 g/mol. The molecule has 0 bridgehead atoms. The van der Waals surface area contributed by atoms with Gasteiger partial charge in [0.2, 0.25) is 0 Å². The zero-order valence-electron chi connectivity index (χ0n) is 31.6. The molecule has 0 amide bonds. The van der Waals surface area contributed by atoms with Crippen LogP contribution in [0.5, 0.6) is 0 Å². The first-order valence-electron chi connectivity index (χ1n) is 19.6. The lowest BCUT2D eigenvalue weighted by atomic mass is 9.64. The van der Waals surface area contributed by atoms with Gasteiger partial charge in [-0.25, -0.2) is 0 Å². The van der Waals surface area contributed by atoms with Crippen LogP contribution in [0.4, 0.5) is 0 Å². The van der Waals surface area contributed by atoms with Crippen LogP contribution in [-0.2, 0) is 10.8 Å². The van der Waals surface area contributed by atoms with Gasteiger partial charge in [-0.15, -0.1) is 0 Å². The van der Waals surface area contributed by atoms with E-state index in [9.17, 15) is 0 Å². The Balaban J connectivity index is 1.13. The van der Waals surface area contributed by atoms with Crippen molar-refractivity contribution in [3.05, 3.63) is 233 Å². The SMILES string of the molecule is CCC1(C)c2cc(-c3ccc4c(c3)c3ccccc3n4-c3ccc(C)cc3)ccc2-c2ccc(C(c3ccccc3)(c3ccccc3)c3ccccc3)cc21. The first kappa shape index (κ1) is 33.2. The van der Waals surface area contributed by atoms with Crippen molar-refractivity contribution in [1.82, 2.24) is 4.57 Å². The van der Waals surface area contributed by atoms with Gasteiger partial charge in [-0.2, -0.15) is 0 Å². The van der Waals surface area contributed by atoms with Gasteiger partial charge < -0.3 is 4.57 Å². The molecule has 0 aliphatic heterocycles. The summed E-state index contributed by atoms with van der Waals surface area (Å²) in [6.07, 6.45) is 0.998. The van der Waals surface area contributed by atoms with Gasteiger partial charge in [-0.1, -0.05) is 177 Å². The molecule has 8 aromatic carbocycles. The van der Waals surface area contributed by atoms with Crippen LogP contribution in [0.3, 0.4) is 0 Å². The van der Waals surface area contributed by atoms with Crippen LogP contribution in [0.15, 0.2) is 194 Å². The van der Waals surface area contributed by atoms with E-state index >= 15 is 0 Å². The molecule has 0 saturated carbocycles. The second kappa shape index (κ2) is 12.9. The van der Waals surface area contributed by atoms with Crippen LogP contribution < -0.4 is 0 Å². The Morgan fingerprint density at radius 3 is 1.58 bits per heavy atom. The van der Waals surface area contributed by atoms with Gasteiger partial charge in [0.15, 0.2) is 0 Å². The van der Waals surface area contributed by atoms with E-state index in [1.165, 1.54) is 88.7 Å². The summed E-state index contributed by atoms with van der Waals surface area (Å²) >= 11 is 0. The molecule has 9 aromatic rings. The van der Waals surface area contributed by atoms with E-state index in [1.807, 2.05) is 0 Å². The Kier molecular flexibility index (Phi) is 7.75. The van der Waals surface area contributed by atoms with Gasteiger partial charge in [0.05, 0.1) is 16.4 Å². The highest BCUT2D eigenvalue weighted by atomic mass is 15.0. The maximum absolute atomic E-state index is 2.54. The van der Waals surface area contributed by atoms with E-state index in [1.54, 1.807) is 0 Å². The fraction of sp³-hybridized carbons (Fsp3) is 0.111. The van der Waals surface area contributed by atoms with Gasteiger partial charge in [0.25, 0.3) is 0 Å². The van der Waals surface area contributed by atoms with E-state index in [0.717, 1.165) is 6.42 Å². The van der Waals surface area contributed by atoms with Gasteiger partial charge in [-0.3, -0.25) is 0 Å². The van der Waals surface area contributed by atoms with E-state index in [2.05, 4.69) is 219 Å². The lowest BCUT2D eigenvalue weighted by Crippen LogP contribution is -2.31. The normalized spacial score (nSPS) is 15.0. The molecular formula is C54H43N. The number of nitrogens with zero attached hydrogens (tertiary/aromatic N) is 1. The molecule has 1 heterocycles. The van der Waals surface area contributed by atoms with E-state index in [4.69, 9.17) is 0 Å². The Labute approximate surface area is 324 Å². The van der Waals surface area contributed by atoms with Crippen molar-refractivity contribution < 1.29 is 0 Å². The maximum Gasteiger partial charge on any atom is 0.0701 e. The summed E-state index contributed by atoms with van der Waals surface area (Å²) in [5.41, 5.74) is 17.4. The molecule has 0 fully saturated rings. The molecular weight excluding hydrogens is 663 g/mol. The molecule has 1 nitrogen and oxygen atoms in total. The van der Waals surface area contributed by atoms with Gasteiger partial charge >= 0.3 is 0 Å². The van der Waals surface area contributed by atoms with E-state index in [0.29, 0.717) is 0 Å². The van der Waals surface area contributed by atoms with Gasteiger partial charge in [0, 0.05) is 21.9 Å². The summed E-state index contributed by atoms with van der Waals surface area (Å²) in [4.78, 5) is 0. The smallest absolute Gasteiger partial charge is 0.0701 e. The second-order valence-corrected chi connectivity index (χ2v) is 15.5. The molecule has 0 spiro atoms. The molecule has 1 aliphatic carbocycles. The predicted molar refractivity (Wildman–Crippen MR) is 231 cm³/mol. The first-order chi connectivity index (χ1) is 27.0. The van der Waals surface area contributed by atoms with Crippen molar-refractivity contribution in [2.75, 3.05) is 0 Å². The number of hydrogen-bond acceptors (Lipinski definition) is 0. The molecule has 0 saturated heterocycles. The number of aryl methyl sites for hydroxylation is 1. The Hall–Kier alpha value is -6.44. The highest BCUT2D eigenvalue weighted by Gasteiger charge is 2.43. The predicted octanol–water partition coefficient (Wildman–Crippen LogP) is 13.8. The molecule has 55 heavy (non-hydrogen) atoms. The van der Waals surface area contributed by atoms with Crippen molar-refractivity contribution in [2.45, 2.75) is 38.0 Å². The molecule has 1 heteroatoms. The van der Waals surface area contributed by atoms with Crippen molar-refractivity contribution in [3.63, 3.8) is 0 Å². The van der Waals surface area contributed by atoms with Crippen molar-refractivity contribution >= 4 is 21.8 Å². The number of benzene rings is 8. The summed E-state index contributed by atoms with van der Waals surface area (Å²) in [6, 6.07) is 72.4. The van der Waals surface area contributed by atoms with Crippen LogP contribution in [0.25, 0.3) is 49.7 Å². The zero-order valence-corrected chi connectivity index (χ0v) is 31.6. The minimum absolute atomic E-state index is 0.155. The van der Waals surface area contributed by atoms with Gasteiger partial charge in [-0.05, 0) is 105 Å². The lowest BCUT2D eigenvalue weighted by Gasteiger charge is -2.38. The minimum atomic E-state index is -0.486. The van der Waals surface area contributed by atoms with Crippen LogP contribution >= 0.6 is 0 Å². The third-order valence-corrected chi connectivity index (χ3v) is 12.6. The Morgan fingerprint density at radius 2 is 0.964 bits per heavy atom. The Morgan fingerprint density at radius 1 is 0.455 bits per heavy atom. The van der Waals surface area contributed by atoms with E-state index in [-0.39, 0.29) is 5.41 Å². The third kappa shape index (κ3) is 5.00. The number of fused-ring (bicyclic) bond motifs is 6. The van der Waals surface area contributed by atoms with Crippen molar-refractivity contribution in [1.29, 1.82) is 0 Å². The maximum atomic E-state index is 2.54. The molecule has 1 aliphatic rings. The van der Waals surface area contributed by atoms with Crippen LogP contribution in [0.2, 0.25) is 0 Å². The number of rotatable bonds is 7. The fourth-order valence-electron chi connectivity index (χ4n) is 9.60. The standard InChI is InChI=1S/C54H43N/c1-4-53(3)49-35-39(38-27-33-52-48(34-38)47-22-14-15-23-51(47)55(52)44-29-24-37(2)25-30-44)26-31-45(49)46-32-28-43(36-50(46)53)54(40-16-8-5-9-17-40,41-18-10-6-11-19-41)42-20-12-7-13-21-42/h5-36H,4H2,1-3H3. The second-order valence-electron chi connectivity index (χ2n) is 15.5. The first-order valence-corrected chi connectivity index (χ1v) is 19.6. The number of aromatic nitrogens is 1. The zero-order chi connectivity index (χ0) is 37.1. The monoisotopic (exact) mass is 705 g/mol. The molecule has 1 atom stereocenters. The summed E-state index contributed by atoms with van der Waals surface area (Å²) in [7, 11) is 0. The molecule has 10 rings (SSSR count). The largest absolute Gasteiger partial charge is 0.309 e. The highest BCUT2D eigenvalue weighted by Crippen LogP contribution is 2.54. The minimum Gasteiger partial charge on any atom is -0.309 e. The van der Waals surface area contributed by atoms with Crippen LogP contribution in [0, 0.1) is 6.92 Å². The molecule has 0 radical (unpaired) electrons. The van der Waals surface area contributed by atoms with Crippen LogP contribution in [-0.4, -0.2) is 4.57 Å². The molecule has 264 valence electrons. The van der Waals surface area contributed by atoms with Crippen LogP contribution in [0.1, 0.15) is 59.2 Å². The Bertz CT molecular complexity index is 2750. The topological polar surface area (TPSA) is 4.93 Å².